The van der Waals surface area contributed by atoms with Gasteiger partial charge in [0.15, 0.2) is 0 Å². The predicted molar refractivity (Wildman–Crippen MR) is 101 cm³/mol. The average molecular weight is 388 g/mol. The molecule has 0 atom stereocenters. The van der Waals surface area contributed by atoms with Crippen LogP contribution in [0.2, 0.25) is 5.02 Å². The van der Waals surface area contributed by atoms with Gasteiger partial charge in [-0.15, -0.1) is 0 Å². The van der Waals surface area contributed by atoms with E-state index in [1.807, 2.05) is 26.0 Å². The van der Waals surface area contributed by atoms with Crippen molar-refractivity contribution in [2.24, 2.45) is 0 Å². The molecular weight excluding hydrogens is 373 g/mol. The lowest BCUT2D eigenvalue weighted by Gasteiger charge is -2.11. The van der Waals surface area contributed by atoms with Crippen molar-refractivity contribution in [2.75, 3.05) is 5.32 Å². The number of carbonyl (C=O) groups is 1. The summed E-state index contributed by atoms with van der Waals surface area (Å²) in [5, 5.41) is 2.42. The molecule has 0 bridgehead atoms. The molecule has 27 heavy (non-hydrogen) atoms. The summed E-state index contributed by atoms with van der Waals surface area (Å²) in [6.45, 7) is 3.70. The van der Waals surface area contributed by atoms with Gasteiger partial charge in [0.1, 0.15) is 11.4 Å². The monoisotopic (exact) mass is 387 g/mol. The number of aryl methyl sites for hydroxylation is 2. The van der Waals surface area contributed by atoms with Crippen molar-refractivity contribution in [2.45, 2.75) is 13.8 Å². The minimum Gasteiger partial charge on any atom is -0.322 e. The van der Waals surface area contributed by atoms with Crippen LogP contribution in [0.5, 0.6) is 0 Å². The van der Waals surface area contributed by atoms with E-state index in [-0.39, 0.29) is 16.3 Å². The molecule has 0 saturated heterocycles. The van der Waals surface area contributed by atoms with Crippen LogP contribution in [-0.4, -0.2) is 15.5 Å². The Morgan fingerprint density at radius 1 is 1.15 bits per heavy atom. The lowest BCUT2D eigenvalue weighted by atomic mass is 10.1. The predicted octanol–water partition coefficient (Wildman–Crippen LogP) is 3.19. The molecule has 0 aliphatic rings. The van der Waals surface area contributed by atoms with Gasteiger partial charge in [0, 0.05) is 11.9 Å². The van der Waals surface area contributed by atoms with Gasteiger partial charge in [-0.2, -0.15) is 0 Å². The Hall–Kier alpha value is -3.19. The van der Waals surface area contributed by atoms with Gasteiger partial charge in [-0.3, -0.25) is 9.59 Å². The molecule has 6 nitrogen and oxygen atoms in total. The van der Waals surface area contributed by atoms with E-state index in [0.29, 0.717) is 5.69 Å². The van der Waals surface area contributed by atoms with Crippen LogP contribution < -0.4 is 16.6 Å². The molecule has 3 aromatic rings. The molecule has 8 heteroatoms. The maximum Gasteiger partial charge on any atom is 0.333 e. The molecule has 1 heterocycles. The molecule has 2 N–H and O–H groups in total. The molecule has 0 radical (unpaired) electrons. The Kier molecular flexibility index (Phi) is 4.96. The highest BCUT2D eigenvalue weighted by Gasteiger charge is 2.17. The van der Waals surface area contributed by atoms with Crippen LogP contribution in [0, 0.1) is 19.7 Å². The molecule has 1 amide bonds. The van der Waals surface area contributed by atoms with Crippen LogP contribution in [0.3, 0.4) is 0 Å². The summed E-state index contributed by atoms with van der Waals surface area (Å²) in [6, 6.07) is 8.92. The molecule has 0 aliphatic carbocycles. The summed E-state index contributed by atoms with van der Waals surface area (Å²) >= 11 is 5.73. The first kappa shape index (κ1) is 18.6. The van der Waals surface area contributed by atoms with E-state index in [1.54, 1.807) is 6.07 Å². The molecule has 0 aliphatic heterocycles. The van der Waals surface area contributed by atoms with Crippen molar-refractivity contribution in [3.8, 4) is 5.69 Å². The molecule has 2 aromatic carbocycles. The van der Waals surface area contributed by atoms with Crippen LogP contribution in [0.4, 0.5) is 10.1 Å². The zero-order valence-electron chi connectivity index (χ0n) is 14.5. The Morgan fingerprint density at radius 3 is 2.59 bits per heavy atom. The number of nitrogens with zero attached hydrogens (tertiary/aromatic N) is 1. The first-order chi connectivity index (χ1) is 12.8. The highest BCUT2D eigenvalue weighted by atomic mass is 35.5. The molecule has 0 spiro atoms. The van der Waals surface area contributed by atoms with Gasteiger partial charge in [-0.05, 0) is 49.2 Å². The number of H-pyrrole nitrogens is 1. The minimum absolute atomic E-state index is 0.0500. The number of rotatable bonds is 3. The van der Waals surface area contributed by atoms with Gasteiger partial charge in [0.05, 0.1) is 10.7 Å². The number of carbonyl (C=O) groups excluding carboxylic acids is 1. The second-order valence-corrected chi connectivity index (χ2v) is 6.43. The van der Waals surface area contributed by atoms with Crippen LogP contribution in [0.15, 0.2) is 52.2 Å². The maximum absolute atomic E-state index is 13.4. The number of hydrogen-bond donors (Lipinski definition) is 2. The topological polar surface area (TPSA) is 84.0 Å². The summed E-state index contributed by atoms with van der Waals surface area (Å²) in [5.41, 5.74) is 0.488. The van der Waals surface area contributed by atoms with E-state index in [0.717, 1.165) is 34.0 Å². The Bertz CT molecular complexity index is 1170. The Morgan fingerprint density at radius 2 is 1.89 bits per heavy atom. The molecule has 3 rings (SSSR count). The lowest BCUT2D eigenvalue weighted by molar-refractivity contribution is 0.102. The molecule has 0 fully saturated rings. The van der Waals surface area contributed by atoms with Gasteiger partial charge >= 0.3 is 5.69 Å². The van der Waals surface area contributed by atoms with Gasteiger partial charge in [-0.1, -0.05) is 23.7 Å². The van der Waals surface area contributed by atoms with Crippen molar-refractivity contribution < 1.29 is 9.18 Å². The summed E-state index contributed by atoms with van der Waals surface area (Å²) in [4.78, 5) is 39.7. The maximum atomic E-state index is 13.4. The van der Waals surface area contributed by atoms with E-state index in [1.165, 1.54) is 6.07 Å². The number of halogens is 2. The van der Waals surface area contributed by atoms with E-state index in [9.17, 15) is 18.8 Å². The number of benzene rings is 2. The van der Waals surface area contributed by atoms with Gasteiger partial charge in [-0.25, -0.2) is 13.8 Å². The van der Waals surface area contributed by atoms with Gasteiger partial charge < -0.3 is 10.3 Å². The zero-order chi connectivity index (χ0) is 19.7. The second-order valence-electron chi connectivity index (χ2n) is 6.02. The number of anilines is 1. The summed E-state index contributed by atoms with van der Waals surface area (Å²) in [6.07, 6.45) is 1.05. The quantitative estimate of drug-likeness (QED) is 0.724. The number of nitrogens with one attached hydrogen (secondary N) is 2. The SMILES string of the molecule is Cc1ccc(C)c(NC(=O)c2c[nH]c(=O)n(-c3ccc(F)c(Cl)c3)c2=O)c1. The van der Waals surface area contributed by atoms with Gasteiger partial charge in [0.2, 0.25) is 0 Å². The normalized spacial score (nSPS) is 10.7. The van der Waals surface area contributed by atoms with Crippen molar-refractivity contribution in [1.82, 2.24) is 9.55 Å². The standard InChI is InChI=1S/C19H15ClFN3O3/c1-10-3-4-11(2)16(7-10)23-17(25)13-9-22-19(27)24(18(13)26)12-5-6-15(21)14(20)8-12/h3-9H,1-2H3,(H,22,27)(H,23,25). The van der Waals surface area contributed by atoms with Crippen LogP contribution in [-0.2, 0) is 0 Å². The van der Waals surface area contributed by atoms with Crippen molar-refractivity contribution in [3.05, 3.63) is 91.0 Å². The fourth-order valence-corrected chi connectivity index (χ4v) is 2.73. The Labute approximate surface area is 158 Å². The first-order valence-corrected chi connectivity index (χ1v) is 8.34. The fourth-order valence-electron chi connectivity index (χ4n) is 2.55. The third-order valence-corrected chi connectivity index (χ3v) is 4.31. The molecule has 1 aromatic heterocycles. The van der Waals surface area contributed by atoms with E-state index in [4.69, 9.17) is 11.6 Å². The number of aromatic nitrogens is 2. The van der Waals surface area contributed by atoms with E-state index < -0.39 is 23.0 Å². The van der Waals surface area contributed by atoms with E-state index >= 15 is 0 Å². The number of hydrogen-bond acceptors (Lipinski definition) is 3. The van der Waals surface area contributed by atoms with Gasteiger partial charge in [0.25, 0.3) is 11.5 Å². The molecule has 0 unspecified atom stereocenters. The molecular formula is C19H15ClFN3O3. The molecule has 0 saturated carbocycles. The molecule has 138 valence electrons. The summed E-state index contributed by atoms with van der Waals surface area (Å²) in [7, 11) is 0. The van der Waals surface area contributed by atoms with Crippen molar-refractivity contribution >= 4 is 23.2 Å². The van der Waals surface area contributed by atoms with Crippen LogP contribution in [0.25, 0.3) is 5.69 Å². The van der Waals surface area contributed by atoms with Crippen LogP contribution in [0.1, 0.15) is 21.5 Å². The number of amides is 1. The summed E-state index contributed by atoms with van der Waals surface area (Å²) in [5.74, 6) is -1.36. The minimum atomic E-state index is -0.843. The van der Waals surface area contributed by atoms with Crippen molar-refractivity contribution in [1.29, 1.82) is 0 Å². The fraction of sp³-hybridized carbons (Fsp3) is 0.105. The highest BCUT2D eigenvalue weighted by Crippen LogP contribution is 2.18. The average Bonchev–Trinajstić information content (AvgIpc) is 2.61. The third kappa shape index (κ3) is 3.68. The van der Waals surface area contributed by atoms with E-state index in [2.05, 4.69) is 10.3 Å². The highest BCUT2D eigenvalue weighted by molar-refractivity contribution is 6.30. The second kappa shape index (κ2) is 7.20. The largest absolute Gasteiger partial charge is 0.333 e. The first-order valence-electron chi connectivity index (χ1n) is 7.96. The Balaban J connectivity index is 2.06. The smallest absolute Gasteiger partial charge is 0.322 e. The summed E-state index contributed by atoms with van der Waals surface area (Å²) < 4.78 is 14.1. The van der Waals surface area contributed by atoms with Crippen LogP contribution >= 0.6 is 11.6 Å². The lowest BCUT2D eigenvalue weighted by Crippen LogP contribution is -2.38. The third-order valence-electron chi connectivity index (χ3n) is 4.02. The number of aromatic amines is 1. The zero-order valence-corrected chi connectivity index (χ0v) is 15.2. The van der Waals surface area contributed by atoms with Crippen molar-refractivity contribution in [3.63, 3.8) is 0 Å².